The lowest BCUT2D eigenvalue weighted by Gasteiger charge is -2.03. The van der Waals surface area contributed by atoms with Gasteiger partial charge in [0, 0.05) is 0 Å². The van der Waals surface area contributed by atoms with E-state index in [1.165, 1.54) is 0 Å². The highest BCUT2D eigenvalue weighted by molar-refractivity contribution is 6.01. The van der Waals surface area contributed by atoms with Crippen molar-refractivity contribution in [3.05, 3.63) is 29.3 Å². The Hall–Kier alpha value is -1.40. The quantitative estimate of drug-likeness (QED) is 0.438. The van der Waals surface area contributed by atoms with Crippen LogP contribution in [0.2, 0.25) is 0 Å². The standard InChI is InChI=1S/C10H12N2/c1-4-9-10(11-3)8(2)6-5-7-12-9/h6-7H,3-4H2,1-2H3. The third kappa shape index (κ3) is 1.60. The molecular formula is C10H12N2. The maximum atomic E-state index is 4.20. The molecule has 0 aliphatic carbocycles. The van der Waals surface area contributed by atoms with E-state index in [1.807, 2.05) is 13.0 Å². The van der Waals surface area contributed by atoms with E-state index in [0.29, 0.717) is 0 Å². The van der Waals surface area contributed by atoms with Crippen molar-refractivity contribution in [2.45, 2.75) is 20.3 Å². The molecule has 1 rings (SSSR count). The van der Waals surface area contributed by atoms with Gasteiger partial charge in [-0.25, -0.2) is 0 Å². The fraction of sp³-hybridized carbons (Fsp3) is 0.300. The van der Waals surface area contributed by atoms with Crippen molar-refractivity contribution in [3.63, 3.8) is 0 Å². The third-order valence-corrected chi connectivity index (χ3v) is 1.73. The van der Waals surface area contributed by atoms with Gasteiger partial charge in [-0.05, 0) is 31.7 Å². The molecule has 0 fully saturated rings. The molecule has 0 radical (unpaired) electrons. The SMILES string of the molecule is C=NC1=C(C)C=C=CN=C1CC. The van der Waals surface area contributed by atoms with Crippen molar-refractivity contribution in [3.8, 4) is 0 Å². The number of allylic oxidation sites excluding steroid dienone is 3. The molecule has 0 amide bonds. The van der Waals surface area contributed by atoms with Crippen molar-refractivity contribution >= 4 is 12.4 Å². The van der Waals surface area contributed by atoms with E-state index in [2.05, 4.69) is 29.4 Å². The Balaban J connectivity index is 3.19. The van der Waals surface area contributed by atoms with E-state index in [-0.39, 0.29) is 0 Å². The van der Waals surface area contributed by atoms with Crippen LogP contribution in [-0.2, 0) is 0 Å². The molecule has 0 unspecified atom stereocenters. The minimum atomic E-state index is 0.873. The average molecular weight is 160 g/mol. The Morgan fingerprint density at radius 3 is 3.00 bits per heavy atom. The molecule has 62 valence electrons. The van der Waals surface area contributed by atoms with Crippen LogP contribution in [0.3, 0.4) is 0 Å². The fourth-order valence-electron chi connectivity index (χ4n) is 1.11. The number of nitrogens with zero attached hydrogens (tertiary/aromatic N) is 2. The maximum absolute atomic E-state index is 4.20. The molecule has 1 heterocycles. The smallest absolute Gasteiger partial charge is 0.0872 e. The van der Waals surface area contributed by atoms with Crippen molar-refractivity contribution in [2.75, 3.05) is 0 Å². The van der Waals surface area contributed by atoms with Gasteiger partial charge in [0.15, 0.2) is 0 Å². The summed E-state index contributed by atoms with van der Waals surface area (Å²) in [4.78, 5) is 8.15. The van der Waals surface area contributed by atoms with Gasteiger partial charge in [0.25, 0.3) is 0 Å². The monoisotopic (exact) mass is 160 g/mol. The lowest BCUT2D eigenvalue weighted by molar-refractivity contribution is 1.22. The van der Waals surface area contributed by atoms with Gasteiger partial charge >= 0.3 is 0 Å². The molecule has 0 atom stereocenters. The summed E-state index contributed by atoms with van der Waals surface area (Å²) in [6.07, 6.45) is 4.41. The Morgan fingerprint density at radius 1 is 1.67 bits per heavy atom. The van der Waals surface area contributed by atoms with Crippen molar-refractivity contribution < 1.29 is 0 Å². The first-order valence-corrected chi connectivity index (χ1v) is 3.95. The van der Waals surface area contributed by atoms with Gasteiger partial charge in [-0.15, -0.1) is 5.73 Å². The van der Waals surface area contributed by atoms with Gasteiger partial charge in [0.2, 0.25) is 0 Å². The third-order valence-electron chi connectivity index (χ3n) is 1.73. The summed E-state index contributed by atoms with van der Waals surface area (Å²) < 4.78 is 0. The minimum Gasteiger partial charge on any atom is -0.262 e. The zero-order chi connectivity index (χ0) is 8.97. The van der Waals surface area contributed by atoms with Crippen LogP contribution < -0.4 is 0 Å². The summed E-state index contributed by atoms with van der Waals surface area (Å²) in [7, 11) is 0. The van der Waals surface area contributed by atoms with E-state index < -0.39 is 0 Å². The van der Waals surface area contributed by atoms with E-state index in [0.717, 1.165) is 23.4 Å². The summed E-state index contributed by atoms with van der Waals surface area (Å²) in [6, 6.07) is 0. The number of hydrogen-bond donors (Lipinski definition) is 0. The molecule has 0 spiro atoms. The lowest BCUT2D eigenvalue weighted by Crippen LogP contribution is -1.99. The predicted octanol–water partition coefficient (Wildman–Crippen LogP) is 2.49. The molecule has 0 aromatic heterocycles. The predicted molar refractivity (Wildman–Crippen MR) is 52.6 cm³/mol. The van der Waals surface area contributed by atoms with Gasteiger partial charge in [-0.2, -0.15) is 0 Å². The largest absolute Gasteiger partial charge is 0.262 e. The Bertz CT molecular complexity index is 313. The van der Waals surface area contributed by atoms with Gasteiger partial charge < -0.3 is 0 Å². The Kier molecular flexibility index (Phi) is 2.78. The topological polar surface area (TPSA) is 24.7 Å². The number of aliphatic imine (C=N–C) groups is 2. The molecule has 12 heavy (non-hydrogen) atoms. The maximum Gasteiger partial charge on any atom is 0.0872 e. The molecule has 0 N–H and O–H groups in total. The number of hydrogen-bond acceptors (Lipinski definition) is 2. The highest BCUT2D eigenvalue weighted by Gasteiger charge is 2.05. The van der Waals surface area contributed by atoms with Crippen LogP contribution in [0, 0.1) is 0 Å². The van der Waals surface area contributed by atoms with Crippen molar-refractivity contribution in [1.82, 2.24) is 0 Å². The van der Waals surface area contributed by atoms with Crippen molar-refractivity contribution in [2.24, 2.45) is 9.98 Å². The van der Waals surface area contributed by atoms with Crippen LogP contribution in [0.1, 0.15) is 20.3 Å². The molecule has 0 bridgehead atoms. The second-order valence-corrected chi connectivity index (χ2v) is 2.56. The summed E-state index contributed by atoms with van der Waals surface area (Å²) in [5.41, 5.74) is 5.87. The normalized spacial score (nSPS) is 16.0. The fourth-order valence-corrected chi connectivity index (χ4v) is 1.11. The first-order valence-electron chi connectivity index (χ1n) is 3.95. The molecule has 1 aliphatic rings. The first-order chi connectivity index (χ1) is 5.79. The molecule has 0 aromatic carbocycles. The minimum absolute atomic E-state index is 0.873. The zero-order valence-corrected chi connectivity index (χ0v) is 7.46. The Labute approximate surface area is 72.7 Å². The van der Waals surface area contributed by atoms with Crippen LogP contribution in [-0.4, -0.2) is 12.4 Å². The van der Waals surface area contributed by atoms with E-state index in [4.69, 9.17) is 0 Å². The molecule has 2 nitrogen and oxygen atoms in total. The first kappa shape index (κ1) is 8.69. The Morgan fingerprint density at radius 2 is 2.42 bits per heavy atom. The number of rotatable bonds is 2. The van der Waals surface area contributed by atoms with Crippen molar-refractivity contribution in [1.29, 1.82) is 0 Å². The molecule has 2 heteroatoms. The second kappa shape index (κ2) is 3.84. The van der Waals surface area contributed by atoms with Crippen LogP contribution >= 0.6 is 0 Å². The molecular weight excluding hydrogens is 148 g/mol. The summed E-state index contributed by atoms with van der Waals surface area (Å²) in [5.74, 6) is 0. The average Bonchev–Trinajstić information content (AvgIpc) is 2.26. The van der Waals surface area contributed by atoms with Crippen LogP contribution in [0.15, 0.2) is 39.3 Å². The molecule has 0 saturated heterocycles. The highest BCUT2D eigenvalue weighted by atomic mass is 14.8. The zero-order valence-electron chi connectivity index (χ0n) is 7.46. The van der Waals surface area contributed by atoms with Crippen LogP contribution in [0.4, 0.5) is 0 Å². The van der Waals surface area contributed by atoms with Crippen LogP contribution in [0.25, 0.3) is 0 Å². The van der Waals surface area contributed by atoms with Gasteiger partial charge in [-0.3, -0.25) is 9.98 Å². The molecule has 1 aliphatic heterocycles. The second-order valence-electron chi connectivity index (χ2n) is 2.56. The summed E-state index contributed by atoms with van der Waals surface area (Å²) in [5, 5.41) is 0. The van der Waals surface area contributed by atoms with Gasteiger partial charge in [0.05, 0.1) is 17.6 Å². The van der Waals surface area contributed by atoms with Crippen LogP contribution in [0.5, 0.6) is 0 Å². The van der Waals surface area contributed by atoms with E-state index in [9.17, 15) is 0 Å². The van der Waals surface area contributed by atoms with E-state index in [1.54, 1.807) is 6.20 Å². The highest BCUT2D eigenvalue weighted by Crippen LogP contribution is 2.13. The molecule has 0 aromatic rings. The summed E-state index contributed by atoms with van der Waals surface area (Å²) in [6.45, 7) is 7.56. The van der Waals surface area contributed by atoms with Gasteiger partial charge in [0.1, 0.15) is 0 Å². The summed E-state index contributed by atoms with van der Waals surface area (Å²) >= 11 is 0. The molecule has 0 saturated carbocycles. The lowest BCUT2D eigenvalue weighted by atomic mass is 10.1. The van der Waals surface area contributed by atoms with Gasteiger partial charge in [-0.1, -0.05) is 6.92 Å². The van der Waals surface area contributed by atoms with E-state index >= 15 is 0 Å².